The molecule has 5 rings (SSSR count). The summed E-state index contributed by atoms with van der Waals surface area (Å²) in [5, 5.41) is 9.94. The Morgan fingerprint density at radius 3 is 2.60 bits per heavy atom. The quantitative estimate of drug-likeness (QED) is 0.256. The smallest absolute Gasteiger partial charge is 0.238 e. The Labute approximate surface area is 260 Å². The van der Waals surface area contributed by atoms with Gasteiger partial charge in [0.2, 0.25) is 17.7 Å². The summed E-state index contributed by atoms with van der Waals surface area (Å²) in [6.45, 7) is 8.05. The molecule has 3 amide bonds. The van der Waals surface area contributed by atoms with Crippen LogP contribution in [0.2, 0.25) is 5.02 Å². The van der Waals surface area contributed by atoms with Crippen molar-refractivity contribution in [2.45, 2.75) is 87.9 Å². The van der Waals surface area contributed by atoms with Gasteiger partial charge in [0.15, 0.2) is 0 Å². The second-order valence-corrected chi connectivity index (χ2v) is 13.8. The minimum Gasteiger partial charge on any atom is -0.376 e. The Morgan fingerprint density at radius 2 is 1.98 bits per heavy atom. The molecule has 4 aliphatic rings. The predicted molar refractivity (Wildman–Crippen MR) is 165 cm³/mol. The summed E-state index contributed by atoms with van der Waals surface area (Å²) in [5.74, 6) is -3.16. The van der Waals surface area contributed by atoms with Gasteiger partial charge in [-0.2, -0.15) is 0 Å². The molecule has 1 aromatic rings. The maximum Gasteiger partial charge on any atom is 0.238 e. The van der Waals surface area contributed by atoms with Crippen LogP contribution in [0.4, 0.5) is 10.1 Å². The minimum atomic E-state index is -1.45. The highest BCUT2D eigenvalue weighted by molar-refractivity contribution is 6.31. The molecule has 1 aromatic carbocycles. The molecule has 0 radical (unpaired) electrons. The van der Waals surface area contributed by atoms with E-state index in [0.717, 1.165) is 18.9 Å². The normalized spacial score (nSPS) is 31.3. The lowest BCUT2D eigenvalue weighted by molar-refractivity contribution is -0.128. The van der Waals surface area contributed by atoms with Gasteiger partial charge < -0.3 is 21.1 Å². The zero-order valence-corrected chi connectivity index (χ0v) is 25.9. The summed E-state index contributed by atoms with van der Waals surface area (Å²) >= 11 is 12.1. The number of nitrogens with one attached hydrogen (secondary N) is 3. The van der Waals surface area contributed by atoms with E-state index in [9.17, 15) is 14.4 Å². The Morgan fingerprint density at radius 1 is 1.26 bits per heavy atom. The second kappa shape index (κ2) is 12.0. The SMILES string of the molecule is C=C(Cl)N=C/C=C(\F)[C@H]1[C@H](C(=O)N[C@@H]2CC[C@@H](CC(N)=O)OC2)NC2(CCC(C)(C)CC2)[C@@]12C(=O)Nc1cc(Cl)ccc12. The van der Waals surface area contributed by atoms with Crippen molar-refractivity contribution < 1.29 is 23.5 Å². The van der Waals surface area contributed by atoms with Crippen LogP contribution in [0.1, 0.15) is 64.4 Å². The van der Waals surface area contributed by atoms with Gasteiger partial charge in [-0.15, -0.1) is 0 Å². The Bertz CT molecular complexity index is 1380. The van der Waals surface area contributed by atoms with Crippen molar-refractivity contribution in [1.29, 1.82) is 0 Å². The third kappa shape index (κ3) is 5.87. The highest BCUT2D eigenvalue weighted by Crippen LogP contribution is 2.62. The molecule has 3 fully saturated rings. The van der Waals surface area contributed by atoms with Crippen LogP contribution < -0.4 is 21.7 Å². The minimum absolute atomic E-state index is 0.0184. The molecule has 1 aliphatic carbocycles. The molecule has 232 valence electrons. The van der Waals surface area contributed by atoms with E-state index >= 15 is 4.39 Å². The van der Waals surface area contributed by atoms with E-state index in [-0.39, 0.29) is 41.7 Å². The van der Waals surface area contributed by atoms with Gasteiger partial charge in [0, 0.05) is 22.5 Å². The van der Waals surface area contributed by atoms with E-state index in [4.69, 9.17) is 33.7 Å². The van der Waals surface area contributed by atoms with Crippen molar-refractivity contribution >= 4 is 52.8 Å². The first-order chi connectivity index (χ1) is 20.3. The number of amides is 3. The standard InChI is InChI=1S/C31H38Cl2FN5O4/c1-17(32)36-13-8-22(34)25-26(27(41)37-19-5-6-20(43-16-19)15-24(35)40)39-30(11-9-29(2,3)10-12-30)31(25)21-7-4-18(33)14-23(21)38-28(31)42/h4,7-8,13-14,19-20,25-26,39H,1,5-6,9-12,15-16H2,2-3H3,(H2,35,40)(H,37,41)(H,38,42)/b22-8-,36-13?/t19-,20+,25+,26-,31-/m1/s1. The Hall–Kier alpha value is -2.79. The molecule has 43 heavy (non-hydrogen) atoms. The van der Waals surface area contributed by atoms with Crippen LogP contribution in [0.15, 0.2) is 46.8 Å². The fourth-order valence-electron chi connectivity index (χ4n) is 7.50. The van der Waals surface area contributed by atoms with Gasteiger partial charge in [0.25, 0.3) is 0 Å². The van der Waals surface area contributed by atoms with Crippen LogP contribution in [0.3, 0.4) is 0 Å². The van der Waals surface area contributed by atoms with Crippen molar-refractivity contribution in [3.05, 3.63) is 52.4 Å². The number of benzene rings is 1. The maximum absolute atomic E-state index is 16.7. The highest BCUT2D eigenvalue weighted by Gasteiger charge is 2.73. The van der Waals surface area contributed by atoms with Crippen LogP contribution >= 0.6 is 23.2 Å². The number of ether oxygens (including phenoxy) is 1. The van der Waals surface area contributed by atoms with Gasteiger partial charge in [0.05, 0.1) is 37.1 Å². The van der Waals surface area contributed by atoms with Crippen molar-refractivity contribution in [3.63, 3.8) is 0 Å². The van der Waals surface area contributed by atoms with Crippen LogP contribution in [-0.4, -0.2) is 54.3 Å². The number of allylic oxidation sites excluding steroid dienone is 1. The molecule has 5 atom stereocenters. The van der Waals surface area contributed by atoms with Crippen LogP contribution in [0.25, 0.3) is 0 Å². The Balaban J connectivity index is 1.57. The van der Waals surface area contributed by atoms with Gasteiger partial charge in [-0.05, 0) is 67.7 Å². The lowest BCUT2D eigenvalue weighted by atomic mass is 9.54. The number of nitrogens with zero attached hydrogens (tertiary/aromatic N) is 1. The van der Waals surface area contributed by atoms with Crippen LogP contribution in [-0.2, 0) is 24.5 Å². The molecule has 1 saturated carbocycles. The molecule has 0 aromatic heterocycles. The monoisotopic (exact) mass is 633 g/mol. The van der Waals surface area contributed by atoms with Gasteiger partial charge in [-0.25, -0.2) is 9.38 Å². The number of fused-ring (bicyclic) bond motifs is 3. The number of rotatable bonds is 7. The molecular weight excluding hydrogens is 596 g/mol. The summed E-state index contributed by atoms with van der Waals surface area (Å²) in [7, 11) is 0. The number of primary amides is 1. The molecular formula is C31H38Cl2FN5O4. The summed E-state index contributed by atoms with van der Waals surface area (Å²) in [5.41, 5.74) is 4.06. The van der Waals surface area contributed by atoms with Gasteiger partial charge in [-0.3, -0.25) is 19.7 Å². The second-order valence-electron chi connectivity index (χ2n) is 12.9. The summed E-state index contributed by atoms with van der Waals surface area (Å²) in [6.07, 6.45) is 5.90. The first kappa shape index (κ1) is 31.6. The maximum atomic E-state index is 16.7. The molecule has 12 heteroatoms. The Kier molecular flexibility index (Phi) is 8.79. The first-order valence-electron chi connectivity index (χ1n) is 14.6. The molecule has 3 heterocycles. The molecule has 5 N–H and O–H groups in total. The van der Waals surface area contributed by atoms with Gasteiger partial charge in [0.1, 0.15) is 16.4 Å². The largest absolute Gasteiger partial charge is 0.376 e. The van der Waals surface area contributed by atoms with Gasteiger partial charge in [-0.1, -0.05) is 49.7 Å². The molecule has 0 bridgehead atoms. The van der Waals surface area contributed by atoms with Crippen molar-refractivity contribution in [3.8, 4) is 0 Å². The number of hydrogen-bond acceptors (Lipinski definition) is 6. The van der Waals surface area contributed by atoms with Crippen molar-refractivity contribution in [2.75, 3.05) is 11.9 Å². The average Bonchev–Trinajstić information content (AvgIpc) is 3.39. The average molecular weight is 635 g/mol. The fourth-order valence-corrected chi connectivity index (χ4v) is 7.73. The van der Waals surface area contributed by atoms with E-state index in [1.807, 2.05) is 0 Å². The molecule has 0 unspecified atom stereocenters. The van der Waals surface area contributed by atoms with Crippen molar-refractivity contribution in [1.82, 2.24) is 10.6 Å². The summed E-state index contributed by atoms with van der Waals surface area (Å²) in [4.78, 5) is 43.7. The number of anilines is 1. The van der Waals surface area contributed by atoms with E-state index in [0.29, 0.717) is 42.0 Å². The third-order valence-electron chi connectivity index (χ3n) is 9.63. The van der Waals surface area contributed by atoms with E-state index < -0.39 is 40.6 Å². The van der Waals surface area contributed by atoms with E-state index in [2.05, 4.69) is 41.4 Å². The number of carbonyl (C=O) groups excluding carboxylic acids is 3. The predicted octanol–water partition coefficient (Wildman–Crippen LogP) is 4.63. The zero-order valence-electron chi connectivity index (χ0n) is 24.4. The lowest BCUT2D eigenvalue weighted by Crippen LogP contribution is -2.62. The van der Waals surface area contributed by atoms with Gasteiger partial charge >= 0.3 is 0 Å². The number of aliphatic imine (C=N–C) groups is 1. The zero-order chi connectivity index (χ0) is 31.2. The van der Waals surface area contributed by atoms with E-state index in [1.54, 1.807) is 18.2 Å². The first-order valence-corrected chi connectivity index (χ1v) is 15.4. The molecule has 2 spiro atoms. The number of halogens is 3. The number of hydrogen-bond donors (Lipinski definition) is 4. The molecule has 2 saturated heterocycles. The highest BCUT2D eigenvalue weighted by atomic mass is 35.5. The fraction of sp³-hybridized carbons (Fsp3) is 0.548. The molecule has 9 nitrogen and oxygen atoms in total. The number of nitrogens with two attached hydrogens (primary N) is 1. The number of carbonyl (C=O) groups is 3. The topological polar surface area (TPSA) is 135 Å². The summed E-state index contributed by atoms with van der Waals surface area (Å²) < 4.78 is 22.4. The molecule has 3 aliphatic heterocycles. The van der Waals surface area contributed by atoms with E-state index in [1.165, 1.54) is 6.21 Å². The van der Waals surface area contributed by atoms with Crippen molar-refractivity contribution in [2.24, 2.45) is 22.1 Å². The lowest BCUT2D eigenvalue weighted by Gasteiger charge is -2.50. The summed E-state index contributed by atoms with van der Waals surface area (Å²) in [6, 6.07) is 3.67. The van der Waals surface area contributed by atoms with Crippen LogP contribution in [0, 0.1) is 11.3 Å². The third-order valence-corrected chi connectivity index (χ3v) is 9.96. The van der Waals surface area contributed by atoms with Crippen LogP contribution in [0.5, 0.6) is 0 Å².